The number of nitrogens with one attached hydrogen (secondary N) is 2. The number of benzene rings is 1. The van der Waals surface area contributed by atoms with Crippen molar-refractivity contribution in [3.63, 3.8) is 0 Å². The molecule has 0 unspecified atom stereocenters. The second-order valence-corrected chi connectivity index (χ2v) is 7.79. The molecule has 2 heterocycles. The van der Waals surface area contributed by atoms with Crippen LogP contribution in [0, 0.1) is 5.41 Å². The molecule has 1 aliphatic rings. The fraction of sp³-hybridized carbons (Fsp3) is 0.350. The van der Waals surface area contributed by atoms with Crippen LogP contribution in [0.25, 0.3) is 10.2 Å². The van der Waals surface area contributed by atoms with Crippen LogP contribution in [0.15, 0.2) is 18.5 Å². The van der Waals surface area contributed by atoms with E-state index in [-0.39, 0.29) is 0 Å². The van der Waals surface area contributed by atoms with Gasteiger partial charge in [-0.25, -0.2) is 9.97 Å². The first-order valence-electron chi connectivity index (χ1n) is 9.30. The minimum atomic E-state index is 0.530. The molecule has 0 saturated heterocycles. The third-order valence-corrected chi connectivity index (χ3v) is 6.01. The molecule has 4 rings (SSSR count). The Bertz CT molecular complexity index is 998. The number of hydrogen-bond acceptors (Lipinski definition) is 7. The van der Waals surface area contributed by atoms with E-state index in [1.165, 1.54) is 29.5 Å². The molecule has 1 aliphatic carbocycles. The normalized spacial score (nSPS) is 13.4. The molecule has 6 nitrogen and oxygen atoms in total. The molecule has 0 bridgehead atoms. The van der Waals surface area contributed by atoms with Crippen molar-refractivity contribution in [2.45, 2.75) is 39.0 Å². The van der Waals surface area contributed by atoms with Crippen molar-refractivity contribution in [3.8, 4) is 5.75 Å². The molecule has 0 amide bonds. The summed E-state index contributed by atoms with van der Waals surface area (Å²) in [7, 11) is 0. The Balaban J connectivity index is 1.80. The maximum atomic E-state index is 7.60. The van der Waals surface area contributed by atoms with Crippen LogP contribution in [0.4, 0.5) is 17.2 Å². The molecule has 3 aromatic rings. The predicted octanol–water partition coefficient (Wildman–Crippen LogP) is 4.68. The van der Waals surface area contributed by atoms with E-state index >= 15 is 0 Å². The summed E-state index contributed by atoms with van der Waals surface area (Å²) in [5.41, 5.74) is 9.38. The number of ether oxygens (including phenoxy) is 1. The summed E-state index contributed by atoms with van der Waals surface area (Å²) < 4.78 is 5.89. The molecule has 2 aromatic heterocycles. The first-order valence-corrected chi connectivity index (χ1v) is 10.1. The van der Waals surface area contributed by atoms with E-state index in [0.717, 1.165) is 41.0 Å². The lowest BCUT2D eigenvalue weighted by Gasteiger charge is -2.16. The van der Waals surface area contributed by atoms with E-state index < -0.39 is 0 Å². The highest BCUT2D eigenvalue weighted by Crippen LogP contribution is 2.40. The van der Waals surface area contributed by atoms with Crippen molar-refractivity contribution in [1.82, 2.24) is 9.97 Å². The fourth-order valence-corrected chi connectivity index (χ4v) is 4.71. The van der Waals surface area contributed by atoms with Crippen LogP contribution in [-0.2, 0) is 12.8 Å². The van der Waals surface area contributed by atoms with Gasteiger partial charge < -0.3 is 21.2 Å². The Kier molecular flexibility index (Phi) is 4.94. The Morgan fingerprint density at radius 3 is 2.96 bits per heavy atom. The summed E-state index contributed by atoms with van der Waals surface area (Å²) in [6, 6.07) is 3.62. The van der Waals surface area contributed by atoms with E-state index in [4.69, 9.17) is 15.9 Å². The summed E-state index contributed by atoms with van der Waals surface area (Å²) in [5, 5.41) is 12.2. The fourth-order valence-electron chi connectivity index (χ4n) is 3.48. The summed E-state index contributed by atoms with van der Waals surface area (Å²) in [5.74, 6) is 1.47. The van der Waals surface area contributed by atoms with Gasteiger partial charge in [0.25, 0.3) is 0 Å². The maximum Gasteiger partial charge on any atom is 0.144 e. The topological polar surface area (TPSA) is 96.9 Å². The number of aromatic nitrogens is 2. The van der Waals surface area contributed by atoms with Gasteiger partial charge in [-0.05, 0) is 43.7 Å². The van der Waals surface area contributed by atoms with Gasteiger partial charge in [0.2, 0.25) is 0 Å². The second-order valence-electron chi connectivity index (χ2n) is 6.71. The van der Waals surface area contributed by atoms with Crippen molar-refractivity contribution in [2.24, 2.45) is 0 Å². The minimum Gasteiger partial charge on any atom is -0.491 e. The van der Waals surface area contributed by atoms with Crippen LogP contribution in [-0.4, -0.2) is 22.8 Å². The molecule has 0 saturated carbocycles. The van der Waals surface area contributed by atoms with Gasteiger partial charge in [0.05, 0.1) is 17.7 Å². The van der Waals surface area contributed by atoms with Crippen LogP contribution >= 0.6 is 11.3 Å². The zero-order valence-corrected chi connectivity index (χ0v) is 16.2. The Labute approximate surface area is 162 Å². The smallest absolute Gasteiger partial charge is 0.144 e. The highest BCUT2D eigenvalue weighted by atomic mass is 32.1. The molecule has 4 N–H and O–H groups in total. The number of nitrogens with zero attached hydrogens (tertiary/aromatic N) is 2. The Morgan fingerprint density at radius 1 is 1.30 bits per heavy atom. The lowest BCUT2D eigenvalue weighted by Crippen LogP contribution is -2.05. The van der Waals surface area contributed by atoms with Gasteiger partial charge in [-0.15, -0.1) is 11.3 Å². The maximum absolute atomic E-state index is 7.60. The molecule has 27 heavy (non-hydrogen) atoms. The Hall–Kier alpha value is -2.67. The highest BCUT2D eigenvalue weighted by molar-refractivity contribution is 7.19. The van der Waals surface area contributed by atoms with Gasteiger partial charge in [-0.1, -0.05) is 6.92 Å². The standard InChI is InChI=1S/C20H23N5OS/c1-2-7-26-16-9-14(22)12(10-21)8-15(16)25-19-18-13-5-3-4-6-17(13)27-20(18)24-11-23-19/h8-11,21H,2-7,22H2,1H3,(H,23,24,25). The second kappa shape index (κ2) is 7.52. The van der Waals surface area contributed by atoms with E-state index in [1.54, 1.807) is 23.7 Å². The van der Waals surface area contributed by atoms with Crippen molar-refractivity contribution >= 4 is 45.0 Å². The molecule has 0 spiro atoms. The summed E-state index contributed by atoms with van der Waals surface area (Å²) in [6.07, 6.45) is 8.41. The zero-order chi connectivity index (χ0) is 18.8. The summed E-state index contributed by atoms with van der Waals surface area (Å²) in [4.78, 5) is 11.5. The molecule has 0 aliphatic heterocycles. The van der Waals surface area contributed by atoms with Crippen molar-refractivity contribution in [2.75, 3.05) is 17.7 Å². The van der Waals surface area contributed by atoms with Crippen LogP contribution in [0.5, 0.6) is 5.75 Å². The van der Waals surface area contributed by atoms with Crippen molar-refractivity contribution in [1.29, 1.82) is 5.41 Å². The minimum absolute atomic E-state index is 0.530. The molecule has 7 heteroatoms. The van der Waals surface area contributed by atoms with E-state index in [9.17, 15) is 0 Å². The number of hydrogen-bond donors (Lipinski definition) is 3. The van der Waals surface area contributed by atoms with E-state index in [0.29, 0.717) is 23.6 Å². The van der Waals surface area contributed by atoms with Crippen molar-refractivity contribution in [3.05, 3.63) is 34.5 Å². The third-order valence-electron chi connectivity index (χ3n) is 4.81. The van der Waals surface area contributed by atoms with Crippen LogP contribution in [0.2, 0.25) is 0 Å². The molecule has 140 valence electrons. The van der Waals surface area contributed by atoms with Crippen molar-refractivity contribution < 1.29 is 4.74 Å². The summed E-state index contributed by atoms with van der Waals surface area (Å²) in [6.45, 7) is 2.67. The van der Waals surface area contributed by atoms with Gasteiger partial charge in [0, 0.05) is 28.4 Å². The first kappa shape index (κ1) is 17.7. The van der Waals surface area contributed by atoms with Gasteiger partial charge in [-0.2, -0.15) is 0 Å². The summed E-state index contributed by atoms with van der Waals surface area (Å²) >= 11 is 1.77. The average Bonchev–Trinajstić information content (AvgIpc) is 3.07. The number of fused-ring (bicyclic) bond motifs is 3. The number of aryl methyl sites for hydroxylation is 2. The molecule has 1 aromatic carbocycles. The molecular formula is C20H23N5OS. The monoisotopic (exact) mass is 381 g/mol. The van der Waals surface area contributed by atoms with Crippen LogP contribution in [0.3, 0.4) is 0 Å². The Morgan fingerprint density at radius 2 is 2.15 bits per heavy atom. The van der Waals surface area contributed by atoms with Gasteiger partial charge in [0.15, 0.2) is 0 Å². The average molecular weight is 382 g/mol. The quantitative estimate of drug-likeness (QED) is 0.425. The molecule has 0 atom stereocenters. The third kappa shape index (κ3) is 3.35. The molecule has 0 fully saturated rings. The first-order chi connectivity index (χ1) is 13.2. The SMILES string of the molecule is CCCOc1cc(N)c(C=N)cc1Nc1ncnc2sc3c(c12)CCCC3. The largest absolute Gasteiger partial charge is 0.491 e. The number of anilines is 3. The van der Waals surface area contributed by atoms with Gasteiger partial charge in [-0.3, -0.25) is 0 Å². The van der Waals surface area contributed by atoms with Crippen LogP contribution in [0.1, 0.15) is 42.2 Å². The lowest BCUT2D eigenvalue weighted by atomic mass is 9.97. The molecule has 0 radical (unpaired) electrons. The van der Waals surface area contributed by atoms with Crippen LogP contribution < -0.4 is 15.8 Å². The van der Waals surface area contributed by atoms with E-state index in [1.807, 2.05) is 6.07 Å². The predicted molar refractivity (Wildman–Crippen MR) is 112 cm³/mol. The zero-order valence-electron chi connectivity index (χ0n) is 15.3. The van der Waals surface area contributed by atoms with Gasteiger partial charge in [0.1, 0.15) is 22.7 Å². The van der Waals surface area contributed by atoms with E-state index in [2.05, 4.69) is 22.2 Å². The number of nitrogen functional groups attached to an aromatic ring is 1. The number of thiophene rings is 1. The van der Waals surface area contributed by atoms with Gasteiger partial charge >= 0.3 is 0 Å². The molecular weight excluding hydrogens is 358 g/mol. The lowest BCUT2D eigenvalue weighted by molar-refractivity contribution is 0.319. The highest BCUT2D eigenvalue weighted by Gasteiger charge is 2.20. The number of rotatable bonds is 6. The number of nitrogens with two attached hydrogens (primary N) is 1.